The lowest BCUT2D eigenvalue weighted by Gasteiger charge is -2.30. The van der Waals surface area contributed by atoms with Gasteiger partial charge in [-0.25, -0.2) is 0 Å². The van der Waals surface area contributed by atoms with Crippen molar-refractivity contribution < 1.29 is 19.4 Å². The number of carbonyl (C=O) groups is 1. The summed E-state index contributed by atoms with van der Waals surface area (Å²) in [7, 11) is 0. The van der Waals surface area contributed by atoms with Crippen molar-refractivity contribution in [2.24, 2.45) is 0 Å². The molecule has 0 radical (unpaired) electrons. The fourth-order valence-electron chi connectivity index (χ4n) is 3.32. The first-order chi connectivity index (χ1) is 12.0. The molecule has 1 unspecified atom stereocenters. The molecule has 0 aromatic heterocycles. The lowest BCUT2D eigenvalue weighted by atomic mass is 10.0. The van der Waals surface area contributed by atoms with Crippen LogP contribution in [-0.4, -0.2) is 43.1 Å². The van der Waals surface area contributed by atoms with Crippen LogP contribution in [0.2, 0.25) is 0 Å². The monoisotopic (exact) mass is 350 g/mol. The van der Waals surface area contributed by atoms with E-state index in [1.165, 1.54) is 37.9 Å². The van der Waals surface area contributed by atoms with Crippen molar-refractivity contribution in [1.29, 1.82) is 0 Å². The van der Waals surface area contributed by atoms with Crippen LogP contribution < -0.4 is 15.0 Å². The number of benzene rings is 1. The van der Waals surface area contributed by atoms with Gasteiger partial charge in [0.05, 0.1) is 30.7 Å². The average Bonchev–Trinajstić information content (AvgIpc) is 2.60. The van der Waals surface area contributed by atoms with E-state index in [0.717, 1.165) is 13.0 Å². The van der Waals surface area contributed by atoms with Gasteiger partial charge in [0, 0.05) is 24.6 Å². The minimum atomic E-state index is -0.525. The summed E-state index contributed by atoms with van der Waals surface area (Å²) in [6.07, 6.45) is 4.78. The molecule has 0 bridgehead atoms. The van der Waals surface area contributed by atoms with E-state index in [0.29, 0.717) is 19.2 Å². The Kier molecular flexibility index (Phi) is 7.18. The molecule has 1 aliphatic rings. The summed E-state index contributed by atoms with van der Waals surface area (Å²) in [6, 6.07) is 5.01. The number of amides is 1. The number of likely N-dealkylation sites (tertiary alicyclic amines) is 1. The Hall–Kier alpha value is -2.15. The van der Waals surface area contributed by atoms with Gasteiger partial charge in [-0.15, -0.1) is 0 Å². The number of nitrogens with one attached hydrogen (secondary N) is 2. The van der Waals surface area contributed by atoms with Gasteiger partial charge in [-0.3, -0.25) is 14.9 Å². The van der Waals surface area contributed by atoms with Crippen LogP contribution >= 0.6 is 0 Å². The minimum Gasteiger partial charge on any atom is -0.487 e. The van der Waals surface area contributed by atoms with Crippen molar-refractivity contribution in [2.75, 3.05) is 26.2 Å². The molecule has 1 aromatic carbocycles. The molecule has 2 N–H and O–H groups in total. The van der Waals surface area contributed by atoms with Crippen molar-refractivity contribution in [3.8, 4) is 5.75 Å². The van der Waals surface area contributed by atoms with Crippen LogP contribution in [0.4, 0.5) is 5.69 Å². The molecule has 7 nitrogen and oxygen atoms in total. The van der Waals surface area contributed by atoms with E-state index in [2.05, 4.69) is 12.2 Å². The molecule has 1 amide bonds. The van der Waals surface area contributed by atoms with E-state index in [-0.39, 0.29) is 22.9 Å². The molecular formula is C18H28N3O4+. The number of hydrogen-bond donors (Lipinski definition) is 2. The van der Waals surface area contributed by atoms with Crippen LogP contribution in [0, 0.1) is 10.1 Å². The maximum Gasteiger partial charge on any atom is 0.311 e. The molecule has 0 saturated carbocycles. The molecule has 2 atom stereocenters. The molecule has 1 saturated heterocycles. The van der Waals surface area contributed by atoms with Crippen LogP contribution in [0.25, 0.3) is 0 Å². The van der Waals surface area contributed by atoms with E-state index in [1.807, 2.05) is 0 Å². The van der Waals surface area contributed by atoms with Crippen molar-refractivity contribution in [2.45, 2.75) is 45.6 Å². The van der Waals surface area contributed by atoms with Crippen LogP contribution in [0.15, 0.2) is 18.2 Å². The van der Waals surface area contributed by atoms with Crippen LogP contribution in [0.1, 0.15) is 49.9 Å². The summed E-state index contributed by atoms with van der Waals surface area (Å²) in [5, 5.41) is 14.0. The summed E-state index contributed by atoms with van der Waals surface area (Å²) in [4.78, 5) is 24.4. The largest absolute Gasteiger partial charge is 0.487 e. The zero-order valence-electron chi connectivity index (χ0n) is 15.0. The standard InChI is InChI=1S/C18H27N3O4/c1-3-25-17-9-8-15(13-16(17)21(23)24)18(22)19-10-6-12-20-11-5-4-7-14(20)2/h8-9,13-14H,3-7,10-12H2,1-2H3,(H,19,22)/p+1/t14-/m0/s1. The molecule has 1 fully saturated rings. The number of piperidine rings is 1. The van der Waals surface area contributed by atoms with E-state index in [1.54, 1.807) is 17.9 Å². The molecule has 1 heterocycles. The summed E-state index contributed by atoms with van der Waals surface area (Å²) in [6.45, 7) is 7.21. The summed E-state index contributed by atoms with van der Waals surface area (Å²) >= 11 is 0. The number of carbonyl (C=O) groups excluding carboxylic acids is 1. The second-order valence-electron chi connectivity index (χ2n) is 6.54. The minimum absolute atomic E-state index is 0.180. The molecule has 1 aliphatic heterocycles. The first-order valence-corrected chi connectivity index (χ1v) is 9.07. The lowest BCUT2D eigenvalue weighted by molar-refractivity contribution is -0.928. The van der Waals surface area contributed by atoms with E-state index < -0.39 is 4.92 Å². The van der Waals surface area contributed by atoms with Gasteiger partial charge in [-0.1, -0.05) is 0 Å². The highest BCUT2D eigenvalue weighted by molar-refractivity contribution is 5.95. The van der Waals surface area contributed by atoms with Crippen molar-refractivity contribution >= 4 is 11.6 Å². The summed E-state index contributed by atoms with van der Waals surface area (Å²) in [5.74, 6) is -0.0976. The van der Waals surface area contributed by atoms with Crippen LogP contribution in [0.5, 0.6) is 5.75 Å². The molecule has 0 aliphatic carbocycles. The fourth-order valence-corrected chi connectivity index (χ4v) is 3.32. The number of nitro benzene ring substituents is 1. The van der Waals surface area contributed by atoms with Gasteiger partial charge in [0.15, 0.2) is 5.75 Å². The number of quaternary nitrogens is 1. The molecular weight excluding hydrogens is 322 g/mol. The first-order valence-electron chi connectivity index (χ1n) is 9.07. The second kappa shape index (κ2) is 9.36. The molecule has 1 aromatic rings. The third kappa shape index (κ3) is 5.42. The zero-order chi connectivity index (χ0) is 18.2. The van der Waals surface area contributed by atoms with Gasteiger partial charge in [-0.2, -0.15) is 0 Å². The van der Waals surface area contributed by atoms with Gasteiger partial charge in [0.2, 0.25) is 0 Å². The van der Waals surface area contributed by atoms with E-state index >= 15 is 0 Å². The quantitative estimate of drug-likeness (QED) is 0.423. The van der Waals surface area contributed by atoms with Crippen molar-refractivity contribution in [1.82, 2.24) is 5.32 Å². The zero-order valence-corrected chi connectivity index (χ0v) is 15.0. The fraction of sp³-hybridized carbons (Fsp3) is 0.611. The van der Waals surface area contributed by atoms with Gasteiger partial charge < -0.3 is 15.0 Å². The van der Waals surface area contributed by atoms with Gasteiger partial charge >= 0.3 is 5.69 Å². The molecule has 25 heavy (non-hydrogen) atoms. The Morgan fingerprint density at radius 2 is 2.24 bits per heavy atom. The van der Waals surface area contributed by atoms with E-state index in [9.17, 15) is 14.9 Å². The van der Waals surface area contributed by atoms with E-state index in [4.69, 9.17) is 4.74 Å². The number of nitrogens with zero attached hydrogens (tertiary/aromatic N) is 1. The lowest BCUT2D eigenvalue weighted by Crippen LogP contribution is -3.16. The van der Waals surface area contributed by atoms with Gasteiger partial charge in [0.25, 0.3) is 5.91 Å². The highest BCUT2D eigenvalue weighted by Crippen LogP contribution is 2.27. The smallest absolute Gasteiger partial charge is 0.311 e. The first kappa shape index (κ1) is 19.2. The predicted molar refractivity (Wildman–Crippen MR) is 95.2 cm³/mol. The Balaban J connectivity index is 1.85. The predicted octanol–water partition coefficient (Wildman–Crippen LogP) is 1.57. The average molecular weight is 350 g/mol. The molecule has 2 rings (SSSR count). The number of ether oxygens (including phenoxy) is 1. The summed E-state index contributed by atoms with van der Waals surface area (Å²) < 4.78 is 5.23. The van der Waals surface area contributed by atoms with Crippen LogP contribution in [0.3, 0.4) is 0 Å². The SMILES string of the molecule is CCOc1ccc(C(=O)NCCC[NH+]2CCCC[C@@H]2C)cc1[N+](=O)[O-]. The number of rotatable bonds is 8. The number of hydrogen-bond acceptors (Lipinski definition) is 4. The highest BCUT2D eigenvalue weighted by Gasteiger charge is 2.21. The molecule has 7 heteroatoms. The van der Waals surface area contributed by atoms with Crippen molar-refractivity contribution in [3.05, 3.63) is 33.9 Å². The Bertz CT molecular complexity index is 606. The highest BCUT2D eigenvalue weighted by atomic mass is 16.6. The Morgan fingerprint density at radius 3 is 2.92 bits per heavy atom. The maximum atomic E-state index is 12.2. The van der Waals surface area contributed by atoms with Gasteiger partial charge in [0.1, 0.15) is 0 Å². The number of nitro groups is 1. The Labute approximate surface area is 148 Å². The molecule has 0 spiro atoms. The Morgan fingerprint density at radius 1 is 1.44 bits per heavy atom. The summed E-state index contributed by atoms with van der Waals surface area (Å²) in [5.41, 5.74) is 0.106. The topological polar surface area (TPSA) is 85.9 Å². The normalized spacial score (nSPS) is 20.1. The van der Waals surface area contributed by atoms with Gasteiger partial charge in [-0.05, 0) is 45.2 Å². The maximum absolute atomic E-state index is 12.2. The third-order valence-corrected chi connectivity index (χ3v) is 4.76. The third-order valence-electron chi connectivity index (χ3n) is 4.76. The van der Waals surface area contributed by atoms with Crippen LogP contribution in [-0.2, 0) is 0 Å². The second-order valence-corrected chi connectivity index (χ2v) is 6.54. The molecule has 138 valence electrons. The van der Waals surface area contributed by atoms with Crippen molar-refractivity contribution in [3.63, 3.8) is 0 Å².